The van der Waals surface area contributed by atoms with E-state index in [2.05, 4.69) is 4.98 Å². The Balaban J connectivity index is 1.57. The summed E-state index contributed by atoms with van der Waals surface area (Å²) in [5, 5.41) is 0.651. The molecule has 0 atom stereocenters. The molecule has 1 fully saturated rings. The van der Waals surface area contributed by atoms with Crippen LogP contribution in [0.15, 0.2) is 11.1 Å². The summed E-state index contributed by atoms with van der Waals surface area (Å²) in [7, 11) is 0. The summed E-state index contributed by atoms with van der Waals surface area (Å²) in [5.41, 5.74) is 0.870. The zero-order valence-electron chi connectivity index (χ0n) is 18.1. The van der Waals surface area contributed by atoms with Crippen LogP contribution in [0.5, 0.6) is 0 Å². The molecule has 0 saturated carbocycles. The molecule has 0 aliphatic carbocycles. The minimum Gasteiger partial charge on any atom is -0.449 e. The second kappa shape index (κ2) is 9.59. The van der Waals surface area contributed by atoms with Gasteiger partial charge >= 0.3 is 6.09 Å². The molecule has 8 nitrogen and oxygen atoms in total. The molecule has 2 amide bonds. The molecule has 1 aliphatic heterocycles. The van der Waals surface area contributed by atoms with Gasteiger partial charge in [-0.3, -0.25) is 14.2 Å². The van der Waals surface area contributed by atoms with Crippen molar-refractivity contribution in [1.29, 1.82) is 0 Å². The van der Waals surface area contributed by atoms with Crippen molar-refractivity contribution in [2.45, 2.75) is 47.1 Å². The molecule has 0 unspecified atom stereocenters. The Kier molecular flexibility index (Phi) is 7.12. The van der Waals surface area contributed by atoms with Crippen molar-refractivity contribution in [3.05, 3.63) is 27.1 Å². The molecule has 9 heteroatoms. The molecule has 0 N–H and O–H groups in total. The zero-order valence-corrected chi connectivity index (χ0v) is 19.0. The van der Waals surface area contributed by atoms with E-state index in [1.54, 1.807) is 9.80 Å². The molecule has 3 heterocycles. The molecule has 164 valence electrons. The molecule has 3 rings (SSSR count). The first-order valence-electron chi connectivity index (χ1n) is 10.4. The van der Waals surface area contributed by atoms with Gasteiger partial charge in [0.25, 0.3) is 5.56 Å². The highest BCUT2D eigenvalue weighted by Crippen LogP contribution is 2.25. The van der Waals surface area contributed by atoms with Gasteiger partial charge in [0.1, 0.15) is 4.83 Å². The van der Waals surface area contributed by atoms with Gasteiger partial charge in [-0.05, 0) is 31.7 Å². The molecular formula is C21H30N4O4S. The molecule has 0 aromatic carbocycles. The van der Waals surface area contributed by atoms with Gasteiger partial charge in [-0.25, -0.2) is 9.78 Å². The van der Waals surface area contributed by atoms with Crippen LogP contribution in [0.3, 0.4) is 0 Å². The van der Waals surface area contributed by atoms with Gasteiger partial charge < -0.3 is 14.5 Å². The van der Waals surface area contributed by atoms with E-state index in [1.165, 1.54) is 22.2 Å². The number of carbonyl (C=O) groups excluding carboxylic acids is 2. The second-order valence-corrected chi connectivity index (χ2v) is 9.35. The summed E-state index contributed by atoms with van der Waals surface area (Å²) >= 11 is 1.52. The van der Waals surface area contributed by atoms with Gasteiger partial charge in [-0.15, -0.1) is 11.3 Å². The van der Waals surface area contributed by atoms with E-state index in [-0.39, 0.29) is 29.9 Å². The highest BCUT2D eigenvalue weighted by atomic mass is 32.1. The predicted molar refractivity (Wildman–Crippen MR) is 117 cm³/mol. The van der Waals surface area contributed by atoms with Gasteiger partial charge in [-0.2, -0.15) is 0 Å². The highest BCUT2D eigenvalue weighted by Gasteiger charge is 2.23. The van der Waals surface area contributed by atoms with Gasteiger partial charge in [0.2, 0.25) is 5.91 Å². The lowest BCUT2D eigenvalue weighted by Gasteiger charge is -2.22. The SMILES string of the molecule is Cc1sc2ncn(CCC(=O)N3CCCN(C(=O)OCC(C)C)CC3)c(=O)c2c1C. The van der Waals surface area contributed by atoms with Crippen molar-refractivity contribution in [2.75, 3.05) is 32.8 Å². The summed E-state index contributed by atoms with van der Waals surface area (Å²) in [5.74, 6) is 0.274. The number of nitrogens with zero attached hydrogens (tertiary/aromatic N) is 4. The predicted octanol–water partition coefficient (Wildman–Crippen LogP) is 2.79. The quantitative estimate of drug-likeness (QED) is 0.722. The topological polar surface area (TPSA) is 84.7 Å². The van der Waals surface area contributed by atoms with Crippen molar-refractivity contribution >= 4 is 33.6 Å². The van der Waals surface area contributed by atoms with Gasteiger partial charge in [0.15, 0.2) is 0 Å². The van der Waals surface area contributed by atoms with Crippen LogP contribution in [-0.2, 0) is 16.1 Å². The van der Waals surface area contributed by atoms with Crippen molar-refractivity contribution in [3.63, 3.8) is 0 Å². The van der Waals surface area contributed by atoms with Crippen molar-refractivity contribution in [2.24, 2.45) is 5.92 Å². The third-order valence-corrected chi connectivity index (χ3v) is 6.48. The Morgan fingerprint density at radius 2 is 1.87 bits per heavy atom. The number of rotatable bonds is 5. The number of hydrogen-bond donors (Lipinski definition) is 0. The van der Waals surface area contributed by atoms with Crippen LogP contribution in [-0.4, -0.2) is 64.1 Å². The fourth-order valence-corrected chi connectivity index (χ4v) is 4.47. The number of hydrogen-bond acceptors (Lipinski definition) is 6. The van der Waals surface area contributed by atoms with Crippen molar-refractivity contribution < 1.29 is 14.3 Å². The normalized spacial score (nSPS) is 15.0. The summed E-state index contributed by atoms with van der Waals surface area (Å²) in [6.07, 6.45) is 2.16. The summed E-state index contributed by atoms with van der Waals surface area (Å²) in [6.45, 7) is 10.7. The summed E-state index contributed by atoms with van der Waals surface area (Å²) in [6, 6.07) is 0. The maximum absolute atomic E-state index is 12.8. The molecule has 2 aromatic heterocycles. The number of ether oxygens (including phenoxy) is 1. The van der Waals surface area contributed by atoms with Crippen molar-refractivity contribution in [1.82, 2.24) is 19.4 Å². The average Bonchev–Trinajstić information content (AvgIpc) is 2.88. The molecule has 1 aliphatic rings. The minimum atomic E-state index is -0.314. The molecule has 30 heavy (non-hydrogen) atoms. The fraction of sp³-hybridized carbons (Fsp3) is 0.619. The van der Waals surface area contributed by atoms with E-state index < -0.39 is 0 Å². The number of aromatic nitrogens is 2. The smallest absolute Gasteiger partial charge is 0.409 e. The Labute approximate surface area is 180 Å². The first-order chi connectivity index (χ1) is 14.3. The van der Waals surface area contributed by atoms with E-state index in [1.807, 2.05) is 27.7 Å². The largest absolute Gasteiger partial charge is 0.449 e. The van der Waals surface area contributed by atoms with Gasteiger partial charge in [0, 0.05) is 44.0 Å². The number of thiophene rings is 1. The zero-order chi connectivity index (χ0) is 21.8. The Hall–Kier alpha value is -2.42. The second-order valence-electron chi connectivity index (χ2n) is 8.15. The monoisotopic (exact) mass is 434 g/mol. The van der Waals surface area contributed by atoms with E-state index in [4.69, 9.17) is 4.74 Å². The first kappa shape index (κ1) is 22.3. The van der Waals surface area contributed by atoms with E-state index in [0.717, 1.165) is 15.3 Å². The minimum absolute atomic E-state index is 0.0161. The van der Waals surface area contributed by atoms with Gasteiger partial charge in [0.05, 0.1) is 18.3 Å². The molecule has 0 radical (unpaired) electrons. The Morgan fingerprint density at radius 1 is 1.17 bits per heavy atom. The molecule has 2 aromatic rings. The third kappa shape index (κ3) is 5.00. The highest BCUT2D eigenvalue weighted by molar-refractivity contribution is 7.18. The third-order valence-electron chi connectivity index (χ3n) is 5.37. The van der Waals surface area contributed by atoms with Crippen LogP contribution in [0.25, 0.3) is 10.2 Å². The fourth-order valence-electron chi connectivity index (χ4n) is 3.48. The maximum atomic E-state index is 12.8. The summed E-state index contributed by atoms with van der Waals surface area (Å²) < 4.78 is 6.82. The maximum Gasteiger partial charge on any atom is 0.409 e. The van der Waals surface area contributed by atoms with E-state index in [0.29, 0.717) is 51.1 Å². The Morgan fingerprint density at radius 3 is 2.60 bits per heavy atom. The standard InChI is InChI=1S/C21H30N4O4S/c1-14(2)12-29-21(28)24-8-5-7-23(10-11-24)17(26)6-9-25-13-22-19-18(20(25)27)15(3)16(4)30-19/h13-14H,5-12H2,1-4H3. The van der Waals surface area contributed by atoms with Crippen LogP contribution in [0, 0.1) is 19.8 Å². The number of aryl methyl sites for hydroxylation is 3. The van der Waals surface area contributed by atoms with Crippen LogP contribution in [0.4, 0.5) is 4.79 Å². The number of fused-ring (bicyclic) bond motifs is 1. The van der Waals surface area contributed by atoms with Gasteiger partial charge in [-0.1, -0.05) is 13.8 Å². The first-order valence-corrected chi connectivity index (χ1v) is 11.2. The van der Waals surface area contributed by atoms with E-state index in [9.17, 15) is 14.4 Å². The summed E-state index contributed by atoms with van der Waals surface area (Å²) in [4.78, 5) is 47.3. The number of amides is 2. The Bertz CT molecular complexity index is 981. The lowest BCUT2D eigenvalue weighted by atomic mass is 10.2. The van der Waals surface area contributed by atoms with Crippen molar-refractivity contribution in [3.8, 4) is 0 Å². The molecule has 0 bridgehead atoms. The molecular weight excluding hydrogens is 404 g/mol. The average molecular weight is 435 g/mol. The number of carbonyl (C=O) groups is 2. The molecule has 1 saturated heterocycles. The van der Waals surface area contributed by atoms with Crippen LogP contribution in [0.1, 0.15) is 37.1 Å². The van der Waals surface area contributed by atoms with E-state index >= 15 is 0 Å². The van der Waals surface area contributed by atoms with Crippen LogP contribution >= 0.6 is 11.3 Å². The lowest BCUT2D eigenvalue weighted by molar-refractivity contribution is -0.131. The van der Waals surface area contributed by atoms with Crippen LogP contribution < -0.4 is 5.56 Å². The van der Waals surface area contributed by atoms with Crippen LogP contribution in [0.2, 0.25) is 0 Å². The lowest BCUT2D eigenvalue weighted by Crippen LogP contribution is -2.38. The molecule has 0 spiro atoms.